The first kappa shape index (κ1) is 12.5. The third-order valence-electron chi connectivity index (χ3n) is 3.08. The monoisotopic (exact) mass is 213 g/mol. The molecule has 1 heterocycles. The molecule has 0 aromatic rings. The Balaban J connectivity index is 2.38. The van der Waals surface area contributed by atoms with Gasteiger partial charge in [-0.3, -0.25) is 10.3 Å². The second kappa shape index (κ2) is 6.08. The Morgan fingerprint density at radius 1 is 1.67 bits per heavy atom. The van der Waals surface area contributed by atoms with Crippen LogP contribution in [0.15, 0.2) is 0 Å². The van der Waals surface area contributed by atoms with E-state index >= 15 is 0 Å². The summed E-state index contributed by atoms with van der Waals surface area (Å²) >= 11 is 0. The van der Waals surface area contributed by atoms with Crippen LogP contribution in [0.3, 0.4) is 0 Å². The van der Waals surface area contributed by atoms with Gasteiger partial charge in [0.05, 0.1) is 12.6 Å². The van der Waals surface area contributed by atoms with E-state index in [0.29, 0.717) is 5.92 Å². The van der Waals surface area contributed by atoms with Gasteiger partial charge in [0.2, 0.25) is 0 Å². The number of nitrogens with zero attached hydrogens (tertiary/aromatic N) is 1. The molecule has 4 nitrogen and oxygen atoms in total. The van der Waals surface area contributed by atoms with Crippen molar-refractivity contribution in [1.82, 2.24) is 4.90 Å². The number of hydrogen-bond donors (Lipinski definition) is 2. The highest BCUT2D eigenvalue weighted by molar-refractivity contribution is 5.82. The predicted octanol–water partition coefficient (Wildman–Crippen LogP) is 1.06. The van der Waals surface area contributed by atoms with Crippen LogP contribution < -0.4 is 5.73 Å². The maximum atomic E-state index is 7.50. The molecule has 88 valence electrons. The van der Waals surface area contributed by atoms with Gasteiger partial charge in [-0.2, -0.15) is 0 Å². The molecule has 3 N–H and O–H groups in total. The second-order valence-electron chi connectivity index (χ2n) is 4.40. The molecule has 0 spiro atoms. The van der Waals surface area contributed by atoms with E-state index in [-0.39, 0.29) is 11.9 Å². The molecule has 4 heteroatoms. The van der Waals surface area contributed by atoms with Gasteiger partial charge >= 0.3 is 0 Å². The van der Waals surface area contributed by atoms with E-state index in [1.807, 2.05) is 7.05 Å². The number of nitrogens with one attached hydrogen (secondary N) is 1. The molecule has 0 saturated carbocycles. The van der Waals surface area contributed by atoms with Gasteiger partial charge in [-0.25, -0.2) is 0 Å². The zero-order chi connectivity index (χ0) is 11.3. The molecular weight excluding hydrogens is 190 g/mol. The standard InChI is InChI=1S/C11H23N3O/c1-3-10(11(12)13)14(2)7-9-5-4-6-15-8-9/h9-10H,3-8H2,1-2H3,(H3,12,13). The van der Waals surface area contributed by atoms with Crippen LogP contribution in [0.1, 0.15) is 26.2 Å². The molecular formula is C11H23N3O. The molecule has 0 aromatic heterocycles. The maximum absolute atomic E-state index is 7.50. The third kappa shape index (κ3) is 3.80. The van der Waals surface area contributed by atoms with Gasteiger partial charge in [0.1, 0.15) is 5.84 Å². The summed E-state index contributed by atoms with van der Waals surface area (Å²) in [6, 6.07) is 0.0897. The van der Waals surface area contributed by atoms with E-state index in [1.165, 1.54) is 6.42 Å². The van der Waals surface area contributed by atoms with Crippen LogP contribution in [-0.2, 0) is 4.74 Å². The summed E-state index contributed by atoms with van der Waals surface area (Å²) in [7, 11) is 2.05. The molecule has 0 aromatic carbocycles. The van der Waals surface area contributed by atoms with Crippen LogP contribution in [0.4, 0.5) is 0 Å². The largest absolute Gasteiger partial charge is 0.386 e. The molecule has 15 heavy (non-hydrogen) atoms. The molecule has 1 aliphatic rings. The van der Waals surface area contributed by atoms with Crippen LogP contribution in [0.5, 0.6) is 0 Å². The lowest BCUT2D eigenvalue weighted by Crippen LogP contribution is -2.44. The summed E-state index contributed by atoms with van der Waals surface area (Å²) in [4.78, 5) is 2.18. The zero-order valence-corrected chi connectivity index (χ0v) is 9.83. The Morgan fingerprint density at radius 3 is 2.87 bits per heavy atom. The van der Waals surface area contributed by atoms with E-state index in [9.17, 15) is 0 Å². The highest BCUT2D eigenvalue weighted by Gasteiger charge is 2.21. The van der Waals surface area contributed by atoms with E-state index in [4.69, 9.17) is 15.9 Å². The van der Waals surface area contributed by atoms with Crippen LogP contribution in [0, 0.1) is 11.3 Å². The van der Waals surface area contributed by atoms with Gasteiger partial charge in [-0.1, -0.05) is 6.92 Å². The van der Waals surface area contributed by atoms with Crippen molar-refractivity contribution in [3.05, 3.63) is 0 Å². The Hall–Kier alpha value is -0.610. The smallest absolute Gasteiger partial charge is 0.108 e. The summed E-state index contributed by atoms with van der Waals surface area (Å²) in [6.07, 6.45) is 3.30. The summed E-state index contributed by atoms with van der Waals surface area (Å²) < 4.78 is 5.45. The van der Waals surface area contributed by atoms with Crippen molar-refractivity contribution in [2.75, 3.05) is 26.8 Å². The topological polar surface area (TPSA) is 62.3 Å². The summed E-state index contributed by atoms with van der Waals surface area (Å²) in [6.45, 7) is 4.82. The Kier molecular flexibility index (Phi) is 5.05. The van der Waals surface area contributed by atoms with E-state index in [0.717, 1.165) is 32.6 Å². The average molecular weight is 213 g/mol. The number of ether oxygens (including phenoxy) is 1. The summed E-state index contributed by atoms with van der Waals surface area (Å²) in [5.41, 5.74) is 5.56. The van der Waals surface area contributed by atoms with Gasteiger partial charge < -0.3 is 10.5 Å². The molecule has 1 saturated heterocycles. The lowest BCUT2D eigenvalue weighted by atomic mass is 10.0. The highest BCUT2D eigenvalue weighted by atomic mass is 16.5. The minimum absolute atomic E-state index is 0.0897. The normalized spacial score (nSPS) is 24.1. The SMILES string of the molecule is CCC(C(=N)N)N(C)CC1CCCOC1. The van der Waals surface area contributed by atoms with E-state index < -0.39 is 0 Å². The first-order chi connectivity index (χ1) is 7.15. The van der Waals surface area contributed by atoms with Crippen molar-refractivity contribution < 1.29 is 4.74 Å². The van der Waals surface area contributed by atoms with Gasteiger partial charge in [-0.05, 0) is 32.2 Å². The van der Waals surface area contributed by atoms with E-state index in [2.05, 4.69) is 11.8 Å². The van der Waals surface area contributed by atoms with Gasteiger partial charge in [0.15, 0.2) is 0 Å². The van der Waals surface area contributed by atoms with Crippen LogP contribution in [-0.4, -0.2) is 43.6 Å². The highest BCUT2D eigenvalue weighted by Crippen LogP contribution is 2.16. The molecule has 1 rings (SSSR count). The molecule has 1 fully saturated rings. The molecule has 0 amide bonds. The van der Waals surface area contributed by atoms with Crippen molar-refractivity contribution in [1.29, 1.82) is 5.41 Å². The molecule has 2 unspecified atom stereocenters. The van der Waals surface area contributed by atoms with E-state index in [1.54, 1.807) is 0 Å². The van der Waals surface area contributed by atoms with Crippen molar-refractivity contribution in [2.24, 2.45) is 11.7 Å². The lowest BCUT2D eigenvalue weighted by molar-refractivity contribution is 0.0395. The van der Waals surface area contributed by atoms with Crippen molar-refractivity contribution >= 4 is 5.84 Å². The quantitative estimate of drug-likeness (QED) is 0.530. The lowest BCUT2D eigenvalue weighted by Gasteiger charge is -2.31. The van der Waals surface area contributed by atoms with Gasteiger partial charge in [-0.15, -0.1) is 0 Å². The fourth-order valence-corrected chi connectivity index (χ4v) is 2.25. The first-order valence-electron chi connectivity index (χ1n) is 5.77. The van der Waals surface area contributed by atoms with Gasteiger partial charge in [0.25, 0.3) is 0 Å². The molecule has 2 atom stereocenters. The molecule has 0 bridgehead atoms. The van der Waals surface area contributed by atoms with Crippen LogP contribution in [0.25, 0.3) is 0 Å². The fraction of sp³-hybridized carbons (Fsp3) is 0.909. The Morgan fingerprint density at radius 2 is 2.40 bits per heavy atom. The molecule has 0 radical (unpaired) electrons. The zero-order valence-electron chi connectivity index (χ0n) is 9.83. The average Bonchev–Trinajstić information content (AvgIpc) is 2.19. The summed E-state index contributed by atoms with van der Waals surface area (Å²) in [5, 5.41) is 7.50. The first-order valence-corrected chi connectivity index (χ1v) is 5.77. The van der Waals surface area contributed by atoms with Crippen LogP contribution >= 0.6 is 0 Å². The summed E-state index contributed by atoms with van der Waals surface area (Å²) in [5.74, 6) is 0.883. The number of rotatable bonds is 5. The minimum atomic E-state index is 0.0897. The Labute approximate surface area is 92.3 Å². The van der Waals surface area contributed by atoms with Crippen molar-refractivity contribution in [3.8, 4) is 0 Å². The minimum Gasteiger partial charge on any atom is -0.386 e. The van der Waals surface area contributed by atoms with Crippen molar-refractivity contribution in [3.63, 3.8) is 0 Å². The third-order valence-corrected chi connectivity index (χ3v) is 3.08. The number of amidine groups is 1. The number of nitrogens with two attached hydrogens (primary N) is 1. The van der Waals surface area contributed by atoms with Gasteiger partial charge in [0, 0.05) is 13.2 Å². The van der Waals surface area contributed by atoms with Crippen molar-refractivity contribution in [2.45, 2.75) is 32.2 Å². The number of hydrogen-bond acceptors (Lipinski definition) is 3. The molecule has 1 aliphatic heterocycles. The fourth-order valence-electron chi connectivity index (χ4n) is 2.25. The molecule has 0 aliphatic carbocycles. The predicted molar refractivity (Wildman–Crippen MR) is 62.2 cm³/mol. The van der Waals surface area contributed by atoms with Crippen LogP contribution in [0.2, 0.25) is 0 Å². The number of likely N-dealkylation sites (N-methyl/N-ethyl adjacent to an activating group) is 1. The maximum Gasteiger partial charge on any atom is 0.108 e. The Bertz CT molecular complexity index is 202. The second-order valence-corrected chi connectivity index (χ2v) is 4.40.